The summed E-state index contributed by atoms with van der Waals surface area (Å²) in [5.41, 5.74) is 7.54. The number of amides is 1. The second kappa shape index (κ2) is 8.21. The van der Waals surface area contributed by atoms with Gasteiger partial charge in [-0.05, 0) is 37.8 Å². The summed E-state index contributed by atoms with van der Waals surface area (Å²) in [6, 6.07) is 8.19. The lowest BCUT2D eigenvalue weighted by molar-refractivity contribution is -0.119. The van der Waals surface area contributed by atoms with Gasteiger partial charge in [0.2, 0.25) is 5.91 Å². The standard InChI is InChI=1S/C19H28N6O/c1-14-23-16-7-3-4-8-17(16)25(14)11-9-22-19(21-2)24-10-5-6-15(13-24)12-18(20)26/h3-4,7-8,15H,5-6,9-13H2,1-2H3,(H2,20,26)(H,21,22). The number of likely N-dealkylation sites (tertiary alicyclic amines) is 1. The van der Waals surface area contributed by atoms with E-state index in [9.17, 15) is 4.79 Å². The number of hydrogen-bond acceptors (Lipinski definition) is 3. The third-order valence-corrected chi connectivity index (χ3v) is 4.98. The van der Waals surface area contributed by atoms with Gasteiger partial charge in [-0.25, -0.2) is 4.98 Å². The monoisotopic (exact) mass is 356 g/mol. The number of aryl methyl sites for hydroxylation is 1. The summed E-state index contributed by atoms with van der Waals surface area (Å²) in [7, 11) is 1.80. The molecule has 1 atom stereocenters. The van der Waals surface area contributed by atoms with Gasteiger partial charge in [-0.3, -0.25) is 9.79 Å². The van der Waals surface area contributed by atoms with Crippen LogP contribution < -0.4 is 11.1 Å². The summed E-state index contributed by atoms with van der Waals surface area (Å²) in [6.07, 6.45) is 2.56. The predicted octanol–water partition coefficient (Wildman–Crippen LogP) is 1.51. The van der Waals surface area contributed by atoms with E-state index in [0.29, 0.717) is 12.3 Å². The molecule has 0 aliphatic carbocycles. The van der Waals surface area contributed by atoms with E-state index >= 15 is 0 Å². The molecule has 2 heterocycles. The number of benzene rings is 1. The molecule has 3 N–H and O–H groups in total. The molecule has 0 radical (unpaired) electrons. The molecular formula is C19H28N6O. The van der Waals surface area contributed by atoms with Crippen molar-refractivity contribution < 1.29 is 4.79 Å². The molecule has 3 rings (SSSR count). The highest BCUT2D eigenvalue weighted by atomic mass is 16.1. The maximum absolute atomic E-state index is 11.2. The van der Waals surface area contributed by atoms with Gasteiger partial charge >= 0.3 is 0 Å². The van der Waals surface area contributed by atoms with Crippen molar-refractivity contribution in [3.63, 3.8) is 0 Å². The van der Waals surface area contributed by atoms with Crippen molar-refractivity contribution in [2.75, 3.05) is 26.7 Å². The molecule has 0 saturated carbocycles. The summed E-state index contributed by atoms with van der Waals surface area (Å²) in [5.74, 6) is 2.01. The number of nitrogens with two attached hydrogens (primary N) is 1. The van der Waals surface area contributed by atoms with Gasteiger partial charge in [-0.15, -0.1) is 0 Å². The molecule has 26 heavy (non-hydrogen) atoms. The van der Waals surface area contributed by atoms with E-state index in [1.165, 1.54) is 0 Å². The molecule has 7 nitrogen and oxygen atoms in total. The minimum absolute atomic E-state index is 0.220. The lowest BCUT2D eigenvalue weighted by atomic mass is 9.95. The number of imidazole rings is 1. The van der Waals surface area contributed by atoms with Gasteiger partial charge in [0.15, 0.2) is 5.96 Å². The lowest BCUT2D eigenvalue weighted by Crippen LogP contribution is -2.47. The first kappa shape index (κ1) is 18.2. The number of rotatable bonds is 5. The largest absolute Gasteiger partial charge is 0.370 e. The van der Waals surface area contributed by atoms with Crippen molar-refractivity contribution in [1.29, 1.82) is 0 Å². The van der Waals surface area contributed by atoms with Crippen LogP contribution in [0.3, 0.4) is 0 Å². The number of carbonyl (C=O) groups is 1. The summed E-state index contributed by atoms with van der Waals surface area (Å²) in [5, 5.41) is 3.45. The van der Waals surface area contributed by atoms with E-state index in [0.717, 1.165) is 61.8 Å². The van der Waals surface area contributed by atoms with Crippen molar-refractivity contribution in [3.05, 3.63) is 30.1 Å². The molecule has 1 aliphatic heterocycles. The Morgan fingerprint density at radius 1 is 1.42 bits per heavy atom. The molecule has 1 unspecified atom stereocenters. The fraction of sp³-hybridized carbons (Fsp3) is 0.526. The van der Waals surface area contributed by atoms with Crippen molar-refractivity contribution in [1.82, 2.24) is 19.8 Å². The Balaban J connectivity index is 1.59. The highest BCUT2D eigenvalue weighted by Gasteiger charge is 2.23. The molecule has 1 saturated heterocycles. The summed E-state index contributed by atoms with van der Waals surface area (Å²) in [4.78, 5) is 22.5. The van der Waals surface area contributed by atoms with Crippen LogP contribution in [-0.2, 0) is 11.3 Å². The zero-order chi connectivity index (χ0) is 18.5. The van der Waals surface area contributed by atoms with E-state index in [1.54, 1.807) is 7.05 Å². The van der Waals surface area contributed by atoms with Crippen molar-refractivity contribution in [3.8, 4) is 0 Å². The number of carbonyl (C=O) groups excluding carboxylic acids is 1. The van der Waals surface area contributed by atoms with Crippen LogP contribution >= 0.6 is 0 Å². The molecule has 2 aromatic rings. The van der Waals surface area contributed by atoms with E-state index in [-0.39, 0.29) is 5.91 Å². The maximum atomic E-state index is 11.2. The molecule has 1 aromatic carbocycles. The van der Waals surface area contributed by atoms with E-state index in [2.05, 4.69) is 30.8 Å². The fourth-order valence-electron chi connectivity index (χ4n) is 3.80. The number of piperidine rings is 1. The minimum atomic E-state index is -0.220. The number of aliphatic imine (C=N–C) groups is 1. The normalized spacial score (nSPS) is 18.3. The highest BCUT2D eigenvalue weighted by molar-refractivity contribution is 5.80. The molecular weight excluding hydrogens is 328 g/mol. The van der Waals surface area contributed by atoms with E-state index in [1.807, 2.05) is 25.1 Å². The molecule has 7 heteroatoms. The Morgan fingerprint density at radius 2 is 2.23 bits per heavy atom. The number of nitrogens with zero attached hydrogens (tertiary/aromatic N) is 4. The average molecular weight is 356 g/mol. The van der Waals surface area contributed by atoms with Crippen LogP contribution in [0.15, 0.2) is 29.3 Å². The Kier molecular flexibility index (Phi) is 5.75. The molecule has 1 aliphatic rings. The predicted molar refractivity (Wildman–Crippen MR) is 104 cm³/mol. The molecule has 1 aromatic heterocycles. The number of fused-ring (bicyclic) bond motifs is 1. The van der Waals surface area contributed by atoms with Crippen LogP contribution in [-0.4, -0.2) is 53.0 Å². The van der Waals surface area contributed by atoms with Gasteiger partial charge in [-0.2, -0.15) is 0 Å². The van der Waals surface area contributed by atoms with Crippen molar-refractivity contribution >= 4 is 22.9 Å². The van der Waals surface area contributed by atoms with Gasteiger partial charge in [0.05, 0.1) is 11.0 Å². The van der Waals surface area contributed by atoms with Gasteiger partial charge in [0, 0.05) is 39.6 Å². The van der Waals surface area contributed by atoms with Crippen LogP contribution in [0.25, 0.3) is 11.0 Å². The Morgan fingerprint density at radius 3 is 3.00 bits per heavy atom. The first-order valence-corrected chi connectivity index (χ1v) is 9.24. The zero-order valence-corrected chi connectivity index (χ0v) is 15.6. The Bertz CT molecular complexity index is 796. The van der Waals surface area contributed by atoms with Crippen molar-refractivity contribution in [2.45, 2.75) is 32.7 Å². The summed E-state index contributed by atoms with van der Waals surface area (Å²) in [6.45, 7) is 5.42. The van der Waals surface area contributed by atoms with E-state index < -0.39 is 0 Å². The summed E-state index contributed by atoms with van der Waals surface area (Å²) < 4.78 is 2.22. The summed E-state index contributed by atoms with van der Waals surface area (Å²) >= 11 is 0. The molecule has 1 amide bonds. The number of hydrogen-bond donors (Lipinski definition) is 2. The first-order valence-electron chi connectivity index (χ1n) is 9.24. The fourth-order valence-corrected chi connectivity index (χ4v) is 3.80. The van der Waals surface area contributed by atoms with Crippen LogP contribution in [0.2, 0.25) is 0 Å². The zero-order valence-electron chi connectivity index (χ0n) is 15.6. The average Bonchev–Trinajstić information content (AvgIpc) is 2.94. The quantitative estimate of drug-likeness (QED) is 0.628. The second-order valence-electron chi connectivity index (χ2n) is 6.90. The van der Waals surface area contributed by atoms with E-state index in [4.69, 9.17) is 5.73 Å². The number of primary amides is 1. The Hall–Kier alpha value is -2.57. The van der Waals surface area contributed by atoms with Crippen LogP contribution in [0.5, 0.6) is 0 Å². The molecule has 1 fully saturated rings. The lowest BCUT2D eigenvalue weighted by Gasteiger charge is -2.34. The maximum Gasteiger partial charge on any atom is 0.217 e. The van der Waals surface area contributed by atoms with Gasteiger partial charge in [0.1, 0.15) is 5.82 Å². The SMILES string of the molecule is CN=C(NCCn1c(C)nc2ccccc21)N1CCCC(CC(N)=O)C1. The first-order chi connectivity index (χ1) is 12.6. The highest BCUT2D eigenvalue weighted by Crippen LogP contribution is 2.19. The van der Waals surface area contributed by atoms with Crippen molar-refractivity contribution in [2.24, 2.45) is 16.6 Å². The molecule has 0 spiro atoms. The van der Waals surface area contributed by atoms with Crippen LogP contribution in [0.1, 0.15) is 25.1 Å². The van der Waals surface area contributed by atoms with Crippen LogP contribution in [0, 0.1) is 12.8 Å². The second-order valence-corrected chi connectivity index (χ2v) is 6.90. The third kappa shape index (κ3) is 4.15. The minimum Gasteiger partial charge on any atom is -0.370 e. The number of nitrogens with one attached hydrogen (secondary N) is 1. The number of guanidine groups is 1. The van der Waals surface area contributed by atoms with Crippen LogP contribution in [0.4, 0.5) is 0 Å². The van der Waals surface area contributed by atoms with Gasteiger partial charge in [-0.1, -0.05) is 12.1 Å². The van der Waals surface area contributed by atoms with Gasteiger partial charge < -0.3 is 20.5 Å². The number of aromatic nitrogens is 2. The molecule has 0 bridgehead atoms. The smallest absolute Gasteiger partial charge is 0.217 e. The van der Waals surface area contributed by atoms with Gasteiger partial charge in [0.25, 0.3) is 0 Å². The number of para-hydroxylation sites is 2. The topological polar surface area (TPSA) is 88.5 Å². The molecule has 140 valence electrons. The third-order valence-electron chi connectivity index (χ3n) is 4.98. The Labute approximate surface area is 154 Å².